The second-order valence-corrected chi connectivity index (χ2v) is 6.95. The topological polar surface area (TPSA) is 93.5 Å². The summed E-state index contributed by atoms with van der Waals surface area (Å²) in [5, 5.41) is 39.4. The van der Waals surface area contributed by atoms with Crippen LogP contribution in [0, 0.1) is 11.8 Å². The van der Waals surface area contributed by atoms with Crippen molar-refractivity contribution >= 4 is 0 Å². The van der Waals surface area contributed by atoms with E-state index in [4.69, 9.17) is 4.74 Å². The summed E-state index contributed by atoms with van der Waals surface area (Å²) < 4.78 is 5.79. The summed E-state index contributed by atoms with van der Waals surface area (Å²) in [6.45, 7) is 4.17. The molecule has 0 saturated carbocycles. The Kier molecular flexibility index (Phi) is 9.63. The van der Waals surface area contributed by atoms with E-state index in [-0.39, 0.29) is 25.0 Å². The number of aliphatic hydroxyl groups is 4. The van der Waals surface area contributed by atoms with Crippen LogP contribution in [-0.2, 0) is 4.74 Å². The number of aliphatic hydroxyl groups excluding tert-OH is 4. The Morgan fingerprint density at radius 1 is 0.826 bits per heavy atom. The van der Waals surface area contributed by atoms with Crippen molar-refractivity contribution < 1.29 is 25.2 Å². The molecule has 1 rings (SSSR count). The molecule has 0 aromatic rings. The first-order valence-electron chi connectivity index (χ1n) is 9.29. The molecule has 4 atom stereocenters. The molecule has 1 fully saturated rings. The van der Waals surface area contributed by atoms with E-state index in [1.54, 1.807) is 0 Å². The van der Waals surface area contributed by atoms with Gasteiger partial charge in [-0.25, -0.2) is 0 Å². The normalized spacial score (nSPS) is 25.8. The zero-order chi connectivity index (χ0) is 17.3. The summed E-state index contributed by atoms with van der Waals surface area (Å²) in [4.78, 5) is 0. The third kappa shape index (κ3) is 5.68. The number of unbranched alkanes of at least 4 members (excludes halogenated alkanes) is 4. The molecule has 1 aliphatic rings. The highest BCUT2D eigenvalue weighted by Gasteiger charge is 2.59. The molecule has 5 nitrogen and oxygen atoms in total. The first-order valence-corrected chi connectivity index (χ1v) is 9.29. The average molecular weight is 332 g/mol. The first kappa shape index (κ1) is 20.8. The second kappa shape index (κ2) is 10.6. The first-order chi connectivity index (χ1) is 11.1. The summed E-state index contributed by atoms with van der Waals surface area (Å²) in [6, 6.07) is 0. The highest BCUT2D eigenvalue weighted by Crippen LogP contribution is 2.49. The monoisotopic (exact) mass is 332 g/mol. The molecule has 0 aromatic heterocycles. The predicted molar refractivity (Wildman–Crippen MR) is 90.1 cm³/mol. The van der Waals surface area contributed by atoms with Gasteiger partial charge in [-0.1, -0.05) is 52.4 Å². The SMILES string of the molecule is CCCCCC(C(O)CO)C1(C(CCCCC)C(O)CO)CO1. The summed E-state index contributed by atoms with van der Waals surface area (Å²) in [6.07, 6.45) is 6.16. The van der Waals surface area contributed by atoms with Gasteiger partial charge in [0.2, 0.25) is 0 Å². The fourth-order valence-corrected chi connectivity index (χ4v) is 3.79. The Hall–Kier alpha value is -0.200. The lowest BCUT2D eigenvalue weighted by Crippen LogP contribution is -2.47. The van der Waals surface area contributed by atoms with Crippen molar-refractivity contribution in [2.24, 2.45) is 11.8 Å². The predicted octanol–water partition coefficient (Wildman–Crippen LogP) is 1.85. The largest absolute Gasteiger partial charge is 0.394 e. The number of ether oxygens (including phenoxy) is 1. The minimum Gasteiger partial charge on any atom is -0.394 e. The maximum absolute atomic E-state index is 10.3. The van der Waals surface area contributed by atoms with Crippen LogP contribution >= 0.6 is 0 Å². The van der Waals surface area contributed by atoms with E-state index in [1.165, 1.54) is 0 Å². The van der Waals surface area contributed by atoms with Crippen LogP contribution in [-0.4, -0.2) is 58.1 Å². The number of epoxide rings is 1. The van der Waals surface area contributed by atoms with Gasteiger partial charge in [-0.2, -0.15) is 0 Å². The van der Waals surface area contributed by atoms with Crippen molar-refractivity contribution in [2.75, 3.05) is 19.8 Å². The highest BCUT2D eigenvalue weighted by atomic mass is 16.6. The van der Waals surface area contributed by atoms with Crippen molar-refractivity contribution in [2.45, 2.75) is 83.0 Å². The van der Waals surface area contributed by atoms with Gasteiger partial charge in [0.1, 0.15) is 5.60 Å². The van der Waals surface area contributed by atoms with Crippen LogP contribution in [0.5, 0.6) is 0 Å². The standard InChI is InChI=1S/C18H36O5/c1-3-5-7-9-14(16(21)11-19)18(13-23-18)15(17(22)12-20)10-8-6-4-2/h14-17,19-22H,3-13H2,1-2H3. The lowest BCUT2D eigenvalue weighted by Gasteiger charge is -2.36. The summed E-state index contributed by atoms with van der Waals surface area (Å²) in [5.41, 5.74) is -0.591. The van der Waals surface area contributed by atoms with E-state index in [1.807, 2.05) is 0 Å². The van der Waals surface area contributed by atoms with Gasteiger partial charge >= 0.3 is 0 Å². The quantitative estimate of drug-likeness (QED) is 0.288. The summed E-state index contributed by atoms with van der Waals surface area (Å²) in [5.74, 6) is -0.376. The molecular formula is C18H36O5. The van der Waals surface area contributed by atoms with E-state index in [9.17, 15) is 20.4 Å². The van der Waals surface area contributed by atoms with Crippen molar-refractivity contribution in [1.29, 1.82) is 0 Å². The van der Waals surface area contributed by atoms with Crippen LogP contribution in [0.1, 0.15) is 65.2 Å². The second-order valence-electron chi connectivity index (χ2n) is 6.95. The Morgan fingerprint density at radius 2 is 1.22 bits per heavy atom. The molecule has 23 heavy (non-hydrogen) atoms. The third-order valence-electron chi connectivity index (χ3n) is 5.27. The van der Waals surface area contributed by atoms with Crippen LogP contribution in [0.4, 0.5) is 0 Å². The maximum Gasteiger partial charge on any atom is 0.102 e. The lowest BCUT2D eigenvalue weighted by atomic mass is 9.72. The minimum atomic E-state index is -0.839. The highest BCUT2D eigenvalue weighted by molar-refractivity contribution is 5.07. The van der Waals surface area contributed by atoms with E-state index in [2.05, 4.69) is 13.8 Å². The molecule has 0 spiro atoms. The van der Waals surface area contributed by atoms with Gasteiger partial charge in [0, 0.05) is 11.8 Å². The fourth-order valence-electron chi connectivity index (χ4n) is 3.79. The number of rotatable bonds is 14. The van der Waals surface area contributed by atoms with E-state index < -0.39 is 17.8 Å². The zero-order valence-corrected chi connectivity index (χ0v) is 14.8. The van der Waals surface area contributed by atoms with Crippen LogP contribution < -0.4 is 0 Å². The molecule has 1 saturated heterocycles. The smallest absolute Gasteiger partial charge is 0.102 e. The Bertz CT molecular complexity index is 280. The molecule has 138 valence electrons. The third-order valence-corrected chi connectivity index (χ3v) is 5.27. The van der Waals surface area contributed by atoms with E-state index >= 15 is 0 Å². The van der Waals surface area contributed by atoms with Crippen molar-refractivity contribution in [3.63, 3.8) is 0 Å². The molecule has 5 heteroatoms. The van der Waals surface area contributed by atoms with Gasteiger partial charge < -0.3 is 25.2 Å². The van der Waals surface area contributed by atoms with E-state index in [0.717, 1.165) is 51.4 Å². The van der Waals surface area contributed by atoms with Crippen molar-refractivity contribution in [3.8, 4) is 0 Å². The van der Waals surface area contributed by atoms with Crippen molar-refractivity contribution in [3.05, 3.63) is 0 Å². The molecule has 1 heterocycles. The summed E-state index contributed by atoms with van der Waals surface area (Å²) in [7, 11) is 0. The van der Waals surface area contributed by atoms with Gasteiger partial charge in [-0.05, 0) is 12.8 Å². The van der Waals surface area contributed by atoms with Crippen LogP contribution in [0.25, 0.3) is 0 Å². The van der Waals surface area contributed by atoms with Crippen LogP contribution in [0.2, 0.25) is 0 Å². The number of hydrogen-bond acceptors (Lipinski definition) is 5. The van der Waals surface area contributed by atoms with Gasteiger partial charge in [0.25, 0.3) is 0 Å². The maximum atomic E-state index is 10.3. The molecule has 4 N–H and O–H groups in total. The van der Waals surface area contributed by atoms with E-state index in [0.29, 0.717) is 6.61 Å². The average Bonchev–Trinajstić information content (AvgIpc) is 3.35. The molecule has 0 radical (unpaired) electrons. The Balaban J connectivity index is 2.84. The van der Waals surface area contributed by atoms with Crippen LogP contribution in [0.3, 0.4) is 0 Å². The Labute approximate surface area is 140 Å². The van der Waals surface area contributed by atoms with Gasteiger partial charge in [0.15, 0.2) is 0 Å². The number of hydrogen-bond donors (Lipinski definition) is 4. The fraction of sp³-hybridized carbons (Fsp3) is 1.00. The summed E-state index contributed by atoms with van der Waals surface area (Å²) >= 11 is 0. The molecule has 0 bridgehead atoms. The van der Waals surface area contributed by atoms with Gasteiger partial charge in [-0.15, -0.1) is 0 Å². The van der Waals surface area contributed by atoms with Crippen molar-refractivity contribution in [1.82, 2.24) is 0 Å². The molecule has 1 aliphatic heterocycles. The Morgan fingerprint density at radius 3 is 1.48 bits per heavy atom. The van der Waals surface area contributed by atoms with Gasteiger partial charge in [-0.3, -0.25) is 0 Å². The minimum absolute atomic E-state index is 0.188. The molecular weight excluding hydrogens is 296 g/mol. The lowest BCUT2D eigenvalue weighted by molar-refractivity contribution is -0.0535. The van der Waals surface area contributed by atoms with Crippen LogP contribution in [0.15, 0.2) is 0 Å². The zero-order valence-electron chi connectivity index (χ0n) is 14.8. The van der Waals surface area contributed by atoms with Gasteiger partial charge in [0.05, 0.1) is 32.0 Å². The molecule has 0 aliphatic carbocycles. The molecule has 0 amide bonds. The molecule has 4 unspecified atom stereocenters. The molecule has 0 aromatic carbocycles.